The average molecular weight is 254 g/mol. The van der Waals surface area contributed by atoms with Crippen LogP contribution in [0.4, 0.5) is 5.13 Å². The fourth-order valence-electron chi connectivity index (χ4n) is 1.92. The molecule has 1 atom stereocenters. The largest absolute Gasteiger partial charge is 0.368 e. The highest BCUT2D eigenvalue weighted by molar-refractivity contribution is 7.13. The molecular formula is C10H14N4O2S. The molecule has 1 saturated heterocycles. The molecule has 3 N–H and O–H groups in total. The Balaban J connectivity index is 1.89. The molecule has 92 valence electrons. The molecule has 2 heterocycles. The molecule has 0 saturated carbocycles. The molecule has 0 aromatic carbocycles. The van der Waals surface area contributed by atoms with E-state index in [0.717, 1.165) is 6.42 Å². The number of primary amides is 1. The standard InChI is InChI=1S/C10H14N4O2S/c11-9(16)7-2-1-4-14(7)8(15)6-13-10-12-3-5-17-10/h3,5,7H,1-2,4,6H2,(H2,11,16)(H,12,13). The minimum atomic E-state index is -0.444. The van der Waals surface area contributed by atoms with Crippen molar-refractivity contribution in [3.8, 4) is 0 Å². The second kappa shape index (κ2) is 5.13. The molecule has 0 aliphatic carbocycles. The predicted octanol–water partition coefficient (Wildman–Crippen LogP) is 0.0313. The Morgan fingerprint density at radius 2 is 2.47 bits per heavy atom. The van der Waals surface area contributed by atoms with E-state index >= 15 is 0 Å². The Kier molecular flexibility index (Phi) is 3.58. The van der Waals surface area contributed by atoms with Crippen molar-refractivity contribution in [1.29, 1.82) is 0 Å². The van der Waals surface area contributed by atoms with Crippen LogP contribution in [0.1, 0.15) is 12.8 Å². The van der Waals surface area contributed by atoms with Crippen LogP contribution in [0.15, 0.2) is 11.6 Å². The lowest BCUT2D eigenvalue weighted by molar-refractivity contribution is -0.135. The van der Waals surface area contributed by atoms with E-state index in [-0.39, 0.29) is 12.5 Å². The number of anilines is 1. The Morgan fingerprint density at radius 1 is 1.65 bits per heavy atom. The summed E-state index contributed by atoms with van der Waals surface area (Å²) in [6.07, 6.45) is 3.16. The van der Waals surface area contributed by atoms with Crippen molar-refractivity contribution in [3.05, 3.63) is 11.6 Å². The number of carbonyl (C=O) groups is 2. The van der Waals surface area contributed by atoms with Gasteiger partial charge in [0.1, 0.15) is 6.04 Å². The zero-order valence-corrected chi connectivity index (χ0v) is 10.1. The number of nitrogens with two attached hydrogens (primary N) is 1. The number of nitrogens with one attached hydrogen (secondary N) is 1. The third-order valence-electron chi connectivity index (χ3n) is 2.72. The number of carbonyl (C=O) groups excluding carboxylic acids is 2. The summed E-state index contributed by atoms with van der Waals surface area (Å²) in [5.41, 5.74) is 5.25. The van der Waals surface area contributed by atoms with E-state index in [4.69, 9.17) is 5.73 Å². The van der Waals surface area contributed by atoms with Gasteiger partial charge in [-0.05, 0) is 12.8 Å². The molecule has 0 bridgehead atoms. The highest BCUT2D eigenvalue weighted by Gasteiger charge is 2.32. The summed E-state index contributed by atoms with van der Waals surface area (Å²) in [5.74, 6) is -0.536. The van der Waals surface area contributed by atoms with Crippen LogP contribution in [-0.2, 0) is 9.59 Å². The summed E-state index contributed by atoms with van der Waals surface area (Å²) in [7, 11) is 0. The van der Waals surface area contributed by atoms with Crippen molar-refractivity contribution < 1.29 is 9.59 Å². The molecule has 2 amide bonds. The van der Waals surface area contributed by atoms with E-state index in [1.807, 2.05) is 5.38 Å². The SMILES string of the molecule is NC(=O)C1CCCN1C(=O)CNc1nccs1. The quantitative estimate of drug-likeness (QED) is 0.793. The molecule has 7 heteroatoms. The van der Waals surface area contributed by atoms with Crippen LogP contribution in [0.3, 0.4) is 0 Å². The first kappa shape index (κ1) is 11.8. The summed E-state index contributed by atoms with van der Waals surface area (Å²) in [4.78, 5) is 28.6. The molecule has 1 aromatic rings. The van der Waals surface area contributed by atoms with Gasteiger partial charge in [0, 0.05) is 18.1 Å². The fourth-order valence-corrected chi connectivity index (χ4v) is 2.45. The number of amides is 2. The Morgan fingerprint density at radius 3 is 3.12 bits per heavy atom. The Hall–Kier alpha value is -1.63. The molecule has 0 radical (unpaired) electrons. The number of likely N-dealkylation sites (tertiary alicyclic amines) is 1. The number of aromatic nitrogens is 1. The number of thiazole rings is 1. The third-order valence-corrected chi connectivity index (χ3v) is 3.46. The average Bonchev–Trinajstić information content (AvgIpc) is 2.96. The lowest BCUT2D eigenvalue weighted by Crippen LogP contribution is -2.45. The van der Waals surface area contributed by atoms with Crippen molar-refractivity contribution >= 4 is 28.3 Å². The van der Waals surface area contributed by atoms with E-state index < -0.39 is 11.9 Å². The lowest BCUT2D eigenvalue weighted by atomic mass is 10.2. The molecule has 0 spiro atoms. The van der Waals surface area contributed by atoms with E-state index in [9.17, 15) is 9.59 Å². The van der Waals surface area contributed by atoms with Crippen molar-refractivity contribution in [2.75, 3.05) is 18.4 Å². The van der Waals surface area contributed by atoms with Gasteiger partial charge < -0.3 is 16.0 Å². The third kappa shape index (κ3) is 2.73. The topological polar surface area (TPSA) is 88.3 Å². The summed E-state index contributed by atoms with van der Waals surface area (Å²) >= 11 is 1.43. The van der Waals surface area contributed by atoms with Crippen molar-refractivity contribution in [1.82, 2.24) is 9.88 Å². The van der Waals surface area contributed by atoms with Crippen LogP contribution in [-0.4, -0.2) is 40.8 Å². The zero-order valence-electron chi connectivity index (χ0n) is 9.26. The smallest absolute Gasteiger partial charge is 0.242 e. The summed E-state index contributed by atoms with van der Waals surface area (Å²) in [6.45, 7) is 0.753. The summed E-state index contributed by atoms with van der Waals surface area (Å²) in [6, 6.07) is -0.444. The highest BCUT2D eigenvalue weighted by atomic mass is 32.1. The molecular weight excluding hydrogens is 240 g/mol. The maximum atomic E-state index is 11.9. The van der Waals surface area contributed by atoms with Crippen molar-refractivity contribution in [2.45, 2.75) is 18.9 Å². The van der Waals surface area contributed by atoms with Crippen LogP contribution in [0.5, 0.6) is 0 Å². The maximum Gasteiger partial charge on any atom is 0.242 e. The van der Waals surface area contributed by atoms with Crippen molar-refractivity contribution in [3.63, 3.8) is 0 Å². The van der Waals surface area contributed by atoms with Crippen LogP contribution in [0, 0.1) is 0 Å². The first-order valence-corrected chi connectivity index (χ1v) is 6.28. The highest BCUT2D eigenvalue weighted by Crippen LogP contribution is 2.17. The van der Waals surface area contributed by atoms with E-state index in [0.29, 0.717) is 18.1 Å². The van der Waals surface area contributed by atoms with E-state index in [1.54, 1.807) is 11.1 Å². The summed E-state index contributed by atoms with van der Waals surface area (Å²) < 4.78 is 0. The van der Waals surface area contributed by atoms with Crippen molar-refractivity contribution in [2.24, 2.45) is 5.73 Å². The first-order valence-electron chi connectivity index (χ1n) is 5.40. The molecule has 1 aliphatic heterocycles. The monoisotopic (exact) mass is 254 g/mol. The normalized spacial score (nSPS) is 19.3. The maximum absolute atomic E-state index is 11.9. The molecule has 6 nitrogen and oxygen atoms in total. The van der Waals surface area contributed by atoms with Crippen LogP contribution >= 0.6 is 11.3 Å². The first-order chi connectivity index (χ1) is 8.18. The van der Waals surface area contributed by atoms with E-state index in [2.05, 4.69) is 10.3 Å². The number of hydrogen-bond donors (Lipinski definition) is 2. The molecule has 2 rings (SSSR count). The molecule has 1 unspecified atom stereocenters. The molecule has 17 heavy (non-hydrogen) atoms. The minimum absolute atomic E-state index is 0.110. The van der Waals surface area contributed by atoms with Gasteiger partial charge in [-0.25, -0.2) is 4.98 Å². The molecule has 1 aromatic heterocycles. The van der Waals surface area contributed by atoms with Crippen LogP contribution < -0.4 is 11.1 Å². The molecule has 1 fully saturated rings. The fraction of sp³-hybridized carbons (Fsp3) is 0.500. The summed E-state index contributed by atoms with van der Waals surface area (Å²) in [5, 5.41) is 5.46. The lowest BCUT2D eigenvalue weighted by Gasteiger charge is -2.22. The van der Waals surface area contributed by atoms with Gasteiger partial charge in [0.15, 0.2) is 5.13 Å². The number of nitrogens with zero attached hydrogens (tertiary/aromatic N) is 2. The second-order valence-electron chi connectivity index (χ2n) is 3.84. The Bertz CT molecular complexity index is 406. The minimum Gasteiger partial charge on any atom is -0.368 e. The Labute approximate surface area is 103 Å². The molecule has 1 aliphatic rings. The van der Waals surface area contributed by atoms with Gasteiger partial charge >= 0.3 is 0 Å². The van der Waals surface area contributed by atoms with E-state index in [1.165, 1.54) is 11.3 Å². The van der Waals surface area contributed by atoms with Gasteiger partial charge in [-0.1, -0.05) is 0 Å². The van der Waals surface area contributed by atoms with Gasteiger partial charge in [-0.3, -0.25) is 9.59 Å². The van der Waals surface area contributed by atoms with Gasteiger partial charge in [0.2, 0.25) is 11.8 Å². The second-order valence-corrected chi connectivity index (χ2v) is 4.73. The number of hydrogen-bond acceptors (Lipinski definition) is 5. The van der Waals surface area contributed by atoms with Gasteiger partial charge in [0.05, 0.1) is 6.54 Å². The van der Waals surface area contributed by atoms with Gasteiger partial charge in [-0.15, -0.1) is 11.3 Å². The van der Waals surface area contributed by atoms with Gasteiger partial charge in [0.25, 0.3) is 0 Å². The van der Waals surface area contributed by atoms with Crippen LogP contribution in [0.25, 0.3) is 0 Å². The zero-order chi connectivity index (χ0) is 12.3. The van der Waals surface area contributed by atoms with Crippen LogP contribution in [0.2, 0.25) is 0 Å². The predicted molar refractivity (Wildman–Crippen MR) is 64.5 cm³/mol. The number of rotatable bonds is 4. The van der Waals surface area contributed by atoms with Gasteiger partial charge in [-0.2, -0.15) is 0 Å².